The molecule has 0 N–H and O–H groups in total. The van der Waals surface area contributed by atoms with Crippen molar-refractivity contribution in [3.8, 4) is 11.5 Å². The van der Waals surface area contributed by atoms with Crippen LogP contribution in [0, 0.1) is 6.92 Å². The summed E-state index contributed by atoms with van der Waals surface area (Å²) in [5.41, 5.74) is 2.82. The zero-order valence-electron chi connectivity index (χ0n) is 18.6. The Morgan fingerprint density at radius 2 is 1.85 bits per heavy atom. The highest BCUT2D eigenvalue weighted by molar-refractivity contribution is 9.10. The molecule has 174 valence electrons. The van der Waals surface area contributed by atoms with Crippen LogP contribution in [0.5, 0.6) is 11.5 Å². The fraction of sp³-hybridized carbons (Fsp3) is 0.292. The fourth-order valence-corrected chi connectivity index (χ4v) is 4.38. The number of hydrogen-bond acceptors (Lipinski definition) is 7. The third-order valence-electron chi connectivity index (χ3n) is 4.59. The molecule has 9 heteroatoms. The molecule has 33 heavy (non-hydrogen) atoms. The van der Waals surface area contributed by atoms with E-state index in [1.165, 1.54) is 0 Å². The van der Waals surface area contributed by atoms with E-state index in [0.717, 1.165) is 27.8 Å². The number of amides is 2. The highest BCUT2D eigenvalue weighted by atomic mass is 79.9. The van der Waals surface area contributed by atoms with Gasteiger partial charge in [0, 0.05) is 4.47 Å². The summed E-state index contributed by atoms with van der Waals surface area (Å²) in [5.74, 6) is -0.0955. The average Bonchev–Trinajstić information content (AvgIpc) is 3.02. The van der Waals surface area contributed by atoms with Gasteiger partial charge in [0.2, 0.25) is 0 Å². The molecule has 2 aromatic carbocycles. The van der Waals surface area contributed by atoms with Crippen molar-refractivity contribution in [1.82, 2.24) is 4.90 Å². The highest BCUT2D eigenvalue weighted by Gasteiger charge is 2.36. The van der Waals surface area contributed by atoms with Crippen LogP contribution in [-0.2, 0) is 20.9 Å². The lowest BCUT2D eigenvalue weighted by molar-refractivity contribution is -0.145. The van der Waals surface area contributed by atoms with Crippen LogP contribution in [0.15, 0.2) is 45.8 Å². The topological polar surface area (TPSA) is 82.1 Å². The molecular weight excluding hydrogens is 510 g/mol. The number of ether oxygens (including phenoxy) is 3. The van der Waals surface area contributed by atoms with Crippen molar-refractivity contribution in [2.45, 2.75) is 27.4 Å². The van der Waals surface area contributed by atoms with Gasteiger partial charge in [0.25, 0.3) is 11.1 Å². The van der Waals surface area contributed by atoms with Crippen LogP contribution < -0.4 is 9.47 Å². The van der Waals surface area contributed by atoms with Crippen LogP contribution >= 0.6 is 27.7 Å². The zero-order valence-corrected chi connectivity index (χ0v) is 21.0. The molecule has 1 fully saturated rings. The Morgan fingerprint density at radius 3 is 2.55 bits per heavy atom. The lowest BCUT2D eigenvalue weighted by Gasteiger charge is -2.14. The van der Waals surface area contributed by atoms with Gasteiger partial charge in [0.15, 0.2) is 11.5 Å². The molecule has 0 aliphatic carbocycles. The van der Waals surface area contributed by atoms with E-state index in [4.69, 9.17) is 14.2 Å². The van der Waals surface area contributed by atoms with Gasteiger partial charge in [-0.3, -0.25) is 19.3 Å². The van der Waals surface area contributed by atoms with Crippen molar-refractivity contribution in [2.24, 2.45) is 0 Å². The molecule has 3 rings (SSSR count). The van der Waals surface area contributed by atoms with Gasteiger partial charge < -0.3 is 14.2 Å². The van der Waals surface area contributed by atoms with Crippen molar-refractivity contribution >= 4 is 50.9 Å². The van der Waals surface area contributed by atoms with E-state index >= 15 is 0 Å². The molecule has 1 aliphatic heterocycles. The Labute approximate surface area is 205 Å². The van der Waals surface area contributed by atoms with Crippen LogP contribution in [-0.4, -0.2) is 41.8 Å². The number of halogens is 1. The Balaban J connectivity index is 1.82. The quantitative estimate of drug-likeness (QED) is 0.318. The molecule has 0 saturated carbocycles. The van der Waals surface area contributed by atoms with E-state index in [0.29, 0.717) is 34.7 Å². The first-order valence-corrected chi connectivity index (χ1v) is 12.0. The maximum atomic E-state index is 12.7. The molecule has 0 aromatic heterocycles. The normalized spacial score (nSPS) is 14.7. The van der Waals surface area contributed by atoms with Crippen molar-refractivity contribution < 1.29 is 28.6 Å². The molecule has 7 nitrogen and oxygen atoms in total. The molecule has 1 heterocycles. The lowest BCUT2D eigenvalue weighted by Crippen LogP contribution is -2.34. The first-order valence-electron chi connectivity index (χ1n) is 10.4. The Hall–Kier alpha value is -2.78. The summed E-state index contributed by atoms with van der Waals surface area (Å²) < 4.78 is 17.3. The third kappa shape index (κ3) is 6.39. The summed E-state index contributed by atoms with van der Waals surface area (Å²) in [7, 11) is 0. The number of thioether (sulfide) groups is 1. The number of aryl methyl sites for hydroxylation is 1. The number of rotatable bonds is 9. The minimum absolute atomic E-state index is 0.177. The SMILES string of the molecule is CCOC(=O)CN1C(=O)S/C(=C/c2cc(OCC)c(OCc3cccc(C)c3)cc2Br)C1=O. The second-order valence-electron chi connectivity index (χ2n) is 7.10. The van der Waals surface area contributed by atoms with Crippen LogP contribution in [0.25, 0.3) is 6.08 Å². The van der Waals surface area contributed by atoms with E-state index < -0.39 is 23.7 Å². The molecule has 1 aliphatic rings. The minimum Gasteiger partial charge on any atom is -0.490 e. The van der Waals surface area contributed by atoms with Gasteiger partial charge in [-0.2, -0.15) is 0 Å². The number of benzene rings is 2. The third-order valence-corrected chi connectivity index (χ3v) is 6.19. The number of imide groups is 1. The second kappa shape index (κ2) is 11.4. The van der Waals surface area contributed by atoms with E-state index in [2.05, 4.69) is 22.0 Å². The predicted molar refractivity (Wildman–Crippen MR) is 130 cm³/mol. The molecule has 0 bridgehead atoms. The van der Waals surface area contributed by atoms with Crippen LogP contribution in [0.2, 0.25) is 0 Å². The summed E-state index contributed by atoms with van der Waals surface area (Å²) in [6.45, 7) is 6.12. The minimum atomic E-state index is -0.629. The van der Waals surface area contributed by atoms with Gasteiger partial charge in [-0.25, -0.2) is 0 Å². The summed E-state index contributed by atoms with van der Waals surface area (Å²) in [6, 6.07) is 11.6. The van der Waals surface area contributed by atoms with E-state index in [-0.39, 0.29) is 11.5 Å². The maximum Gasteiger partial charge on any atom is 0.326 e. The van der Waals surface area contributed by atoms with E-state index in [9.17, 15) is 14.4 Å². The number of esters is 1. The molecule has 0 radical (unpaired) electrons. The smallest absolute Gasteiger partial charge is 0.326 e. The standard InChI is InChI=1S/C24H24BrNO6S/c1-4-30-19-10-17(11-21-23(28)26(24(29)33-21)13-22(27)31-5-2)18(25)12-20(19)32-14-16-8-6-7-15(3)9-16/h6-12H,4-5,13-14H2,1-3H3/b21-11+. The first-order chi connectivity index (χ1) is 15.8. The Kier molecular flexibility index (Phi) is 8.57. The van der Waals surface area contributed by atoms with Crippen molar-refractivity contribution in [3.05, 3.63) is 62.5 Å². The lowest BCUT2D eigenvalue weighted by atomic mass is 10.1. The van der Waals surface area contributed by atoms with Gasteiger partial charge in [0.05, 0.1) is 18.1 Å². The monoisotopic (exact) mass is 533 g/mol. The fourth-order valence-electron chi connectivity index (χ4n) is 3.12. The zero-order chi connectivity index (χ0) is 24.0. The summed E-state index contributed by atoms with van der Waals surface area (Å²) in [5, 5.41) is -0.515. The Morgan fingerprint density at radius 1 is 1.09 bits per heavy atom. The molecule has 1 saturated heterocycles. The maximum absolute atomic E-state index is 12.7. The van der Waals surface area contributed by atoms with Gasteiger partial charge >= 0.3 is 5.97 Å². The van der Waals surface area contributed by atoms with Gasteiger partial charge in [-0.15, -0.1) is 0 Å². The van der Waals surface area contributed by atoms with Crippen molar-refractivity contribution in [3.63, 3.8) is 0 Å². The summed E-state index contributed by atoms with van der Waals surface area (Å²) in [6.07, 6.45) is 1.59. The first kappa shape index (κ1) is 24.9. The average molecular weight is 534 g/mol. The van der Waals surface area contributed by atoms with Crippen LogP contribution in [0.4, 0.5) is 4.79 Å². The number of nitrogens with zero attached hydrogens (tertiary/aromatic N) is 1. The van der Waals surface area contributed by atoms with Crippen LogP contribution in [0.1, 0.15) is 30.5 Å². The molecule has 0 unspecified atom stereocenters. The number of carbonyl (C=O) groups excluding carboxylic acids is 3. The predicted octanol–water partition coefficient (Wildman–Crippen LogP) is 5.33. The van der Waals surface area contributed by atoms with Crippen molar-refractivity contribution in [1.29, 1.82) is 0 Å². The largest absolute Gasteiger partial charge is 0.490 e. The molecule has 0 spiro atoms. The van der Waals surface area contributed by atoms with E-state index in [1.807, 2.05) is 32.0 Å². The molecule has 0 atom stereocenters. The van der Waals surface area contributed by atoms with Gasteiger partial charge in [0.1, 0.15) is 13.2 Å². The van der Waals surface area contributed by atoms with Crippen LogP contribution in [0.3, 0.4) is 0 Å². The summed E-state index contributed by atoms with van der Waals surface area (Å²) in [4.78, 5) is 37.7. The number of carbonyl (C=O) groups is 3. The molecule has 2 amide bonds. The highest BCUT2D eigenvalue weighted by Crippen LogP contribution is 2.38. The summed E-state index contributed by atoms with van der Waals surface area (Å²) >= 11 is 4.29. The van der Waals surface area contributed by atoms with E-state index in [1.54, 1.807) is 25.1 Å². The second-order valence-corrected chi connectivity index (χ2v) is 8.95. The van der Waals surface area contributed by atoms with Crippen molar-refractivity contribution in [2.75, 3.05) is 19.8 Å². The number of hydrogen-bond donors (Lipinski definition) is 0. The van der Waals surface area contributed by atoms with Gasteiger partial charge in [-0.05, 0) is 61.9 Å². The Bertz CT molecular complexity index is 1100. The molecule has 2 aromatic rings. The molecular formula is C24H24BrNO6S. The van der Waals surface area contributed by atoms with Gasteiger partial charge in [-0.1, -0.05) is 45.8 Å².